The van der Waals surface area contributed by atoms with Crippen molar-refractivity contribution in [1.82, 2.24) is 15.2 Å². The molecule has 0 unspecified atom stereocenters. The largest absolute Gasteiger partial charge is 0.323 e. The van der Waals surface area contributed by atoms with Crippen LogP contribution < -0.4 is 16.2 Å². The van der Waals surface area contributed by atoms with Gasteiger partial charge in [-0.1, -0.05) is 18.2 Å². The highest BCUT2D eigenvalue weighted by atomic mass is 16.6. The number of nitrogens with zero attached hydrogens (tertiary/aromatic N) is 3. The number of hydrogen-bond donors (Lipinski definition) is 3. The van der Waals surface area contributed by atoms with E-state index in [0.717, 1.165) is 5.56 Å². The average molecular weight is 442 g/mol. The molecule has 4 rings (SSSR count). The normalized spacial score (nSPS) is 10.9. The molecule has 0 atom stereocenters. The molecule has 33 heavy (non-hydrogen) atoms. The molecule has 2 amide bonds. The van der Waals surface area contributed by atoms with Crippen LogP contribution in [0.5, 0.6) is 0 Å². The number of non-ortho nitro benzene ring substituents is 1. The molecule has 2 aromatic carbocycles. The number of hydrogen-bond acceptors (Lipinski definition) is 6. The number of nitro groups is 1. The second-order valence-corrected chi connectivity index (χ2v) is 7.04. The van der Waals surface area contributed by atoms with Gasteiger partial charge in [0.25, 0.3) is 11.2 Å². The van der Waals surface area contributed by atoms with E-state index in [4.69, 9.17) is 0 Å². The molecule has 0 saturated carbocycles. The molecule has 0 aliphatic rings. The standard InChI is InChI=1S/C23H18N6O4/c30-22-20-13-16(25-23(31)26-17-4-2-12-24-14-17)8-11-19(20)21(27-28-22)5-1-3-15-6-9-18(10-7-15)29(32)33/h1-4,6-14H,5H2,(H,28,30)(H2,25,26,31). The first-order chi connectivity index (χ1) is 16.0. The summed E-state index contributed by atoms with van der Waals surface area (Å²) in [6.45, 7) is 0. The van der Waals surface area contributed by atoms with Gasteiger partial charge >= 0.3 is 6.03 Å². The van der Waals surface area contributed by atoms with Crippen LogP contribution in [0.4, 0.5) is 21.9 Å². The number of carbonyl (C=O) groups excluding carboxylic acids is 1. The molecule has 164 valence electrons. The molecule has 3 N–H and O–H groups in total. The molecule has 0 spiro atoms. The number of aromatic nitrogens is 3. The number of aromatic amines is 1. The van der Waals surface area contributed by atoms with Crippen LogP contribution in [-0.2, 0) is 6.42 Å². The van der Waals surface area contributed by atoms with E-state index >= 15 is 0 Å². The Morgan fingerprint density at radius 2 is 1.85 bits per heavy atom. The number of rotatable bonds is 6. The number of nitro benzene ring substituents is 1. The Labute approximate surface area is 187 Å². The summed E-state index contributed by atoms with van der Waals surface area (Å²) in [5.41, 5.74) is 2.10. The lowest BCUT2D eigenvalue weighted by molar-refractivity contribution is -0.384. The van der Waals surface area contributed by atoms with Gasteiger partial charge in [0.05, 0.1) is 27.9 Å². The fraction of sp³-hybridized carbons (Fsp3) is 0.0435. The Morgan fingerprint density at radius 1 is 1.06 bits per heavy atom. The van der Waals surface area contributed by atoms with E-state index in [9.17, 15) is 19.7 Å². The second-order valence-electron chi connectivity index (χ2n) is 7.04. The van der Waals surface area contributed by atoms with E-state index in [1.165, 1.54) is 18.3 Å². The monoisotopic (exact) mass is 442 g/mol. The summed E-state index contributed by atoms with van der Waals surface area (Å²) in [4.78, 5) is 38.8. The number of nitrogens with one attached hydrogen (secondary N) is 3. The maximum atomic E-state index is 12.3. The lowest BCUT2D eigenvalue weighted by atomic mass is 10.1. The number of urea groups is 1. The number of carbonyl (C=O) groups is 1. The van der Waals surface area contributed by atoms with Crippen LogP contribution in [0.15, 0.2) is 77.9 Å². The molecule has 0 bridgehead atoms. The third-order valence-corrected chi connectivity index (χ3v) is 4.77. The van der Waals surface area contributed by atoms with Gasteiger partial charge in [-0.3, -0.25) is 19.9 Å². The Balaban J connectivity index is 1.49. The lowest BCUT2D eigenvalue weighted by Crippen LogP contribution is -2.20. The number of amides is 2. The minimum Gasteiger partial charge on any atom is -0.308 e. The molecular formula is C23H18N6O4. The van der Waals surface area contributed by atoms with Crippen molar-refractivity contribution in [2.45, 2.75) is 6.42 Å². The second kappa shape index (κ2) is 9.52. The number of benzene rings is 2. The first-order valence-electron chi connectivity index (χ1n) is 9.90. The molecule has 2 aromatic heterocycles. The molecular weight excluding hydrogens is 424 g/mol. The lowest BCUT2D eigenvalue weighted by Gasteiger charge is -2.09. The highest BCUT2D eigenvalue weighted by Gasteiger charge is 2.09. The van der Waals surface area contributed by atoms with E-state index in [0.29, 0.717) is 34.3 Å². The topological polar surface area (TPSA) is 143 Å². The van der Waals surface area contributed by atoms with Gasteiger partial charge in [0.1, 0.15) is 0 Å². The van der Waals surface area contributed by atoms with Crippen molar-refractivity contribution in [2.24, 2.45) is 0 Å². The highest BCUT2D eigenvalue weighted by molar-refractivity contribution is 6.01. The summed E-state index contributed by atoms with van der Waals surface area (Å²) in [5, 5.41) is 23.8. The van der Waals surface area contributed by atoms with Gasteiger partial charge in [0, 0.05) is 35.8 Å². The molecule has 0 fully saturated rings. The Hall–Kier alpha value is -4.86. The van der Waals surface area contributed by atoms with Crippen LogP contribution in [0.25, 0.3) is 16.8 Å². The predicted octanol–water partition coefficient (Wildman–Crippen LogP) is 4.13. The zero-order valence-corrected chi connectivity index (χ0v) is 17.2. The minimum atomic E-state index is -0.459. The minimum absolute atomic E-state index is 0.0268. The molecule has 0 aliphatic heterocycles. The quantitative estimate of drug-likeness (QED) is 0.303. The van der Waals surface area contributed by atoms with Crippen LogP contribution >= 0.6 is 0 Å². The smallest absolute Gasteiger partial charge is 0.308 e. The van der Waals surface area contributed by atoms with Crippen LogP contribution in [0.1, 0.15) is 11.3 Å². The molecule has 2 heterocycles. The van der Waals surface area contributed by atoms with Crippen LogP contribution in [0, 0.1) is 10.1 Å². The zero-order valence-electron chi connectivity index (χ0n) is 17.2. The molecule has 4 aromatic rings. The summed E-state index contributed by atoms with van der Waals surface area (Å²) >= 11 is 0. The van der Waals surface area contributed by atoms with Gasteiger partial charge < -0.3 is 10.6 Å². The molecule has 0 aliphatic carbocycles. The van der Waals surface area contributed by atoms with Gasteiger partial charge in [-0.05, 0) is 42.0 Å². The van der Waals surface area contributed by atoms with Crippen molar-refractivity contribution in [2.75, 3.05) is 10.6 Å². The van der Waals surface area contributed by atoms with Gasteiger partial charge in [-0.2, -0.15) is 5.10 Å². The number of pyridine rings is 1. The number of anilines is 2. The van der Waals surface area contributed by atoms with E-state index in [1.807, 2.05) is 12.2 Å². The molecule has 0 radical (unpaired) electrons. The van der Waals surface area contributed by atoms with Crippen molar-refractivity contribution in [1.29, 1.82) is 0 Å². The summed E-state index contributed by atoms with van der Waals surface area (Å²) < 4.78 is 0. The number of fused-ring (bicyclic) bond motifs is 1. The SMILES string of the molecule is O=C(Nc1cccnc1)Nc1ccc2c(CC=Cc3ccc([N+](=O)[O-])cc3)n[nH]c(=O)c2c1. The number of allylic oxidation sites excluding steroid dienone is 1. The van der Waals surface area contributed by atoms with Crippen molar-refractivity contribution >= 4 is 39.9 Å². The third kappa shape index (κ3) is 5.25. The van der Waals surface area contributed by atoms with Crippen LogP contribution in [0.3, 0.4) is 0 Å². The Morgan fingerprint density at radius 3 is 2.58 bits per heavy atom. The van der Waals surface area contributed by atoms with E-state index in [-0.39, 0.29) is 11.2 Å². The Kier molecular flexibility index (Phi) is 6.17. The van der Waals surface area contributed by atoms with Crippen LogP contribution in [-0.4, -0.2) is 26.1 Å². The van der Waals surface area contributed by atoms with Crippen molar-refractivity contribution in [3.63, 3.8) is 0 Å². The summed E-state index contributed by atoms with van der Waals surface area (Å²) in [5.74, 6) is 0. The first-order valence-corrected chi connectivity index (χ1v) is 9.90. The van der Waals surface area contributed by atoms with E-state index in [1.54, 1.807) is 48.7 Å². The maximum absolute atomic E-state index is 12.3. The highest BCUT2D eigenvalue weighted by Crippen LogP contribution is 2.20. The predicted molar refractivity (Wildman–Crippen MR) is 125 cm³/mol. The molecule has 10 nitrogen and oxygen atoms in total. The zero-order chi connectivity index (χ0) is 23.2. The maximum Gasteiger partial charge on any atom is 0.323 e. The first kappa shape index (κ1) is 21.4. The van der Waals surface area contributed by atoms with E-state index in [2.05, 4.69) is 25.8 Å². The Bertz CT molecular complexity index is 1400. The summed E-state index contributed by atoms with van der Waals surface area (Å²) in [6, 6.07) is 14.1. The number of H-pyrrole nitrogens is 1. The fourth-order valence-corrected chi connectivity index (χ4v) is 3.20. The van der Waals surface area contributed by atoms with Crippen LogP contribution in [0.2, 0.25) is 0 Å². The molecule has 0 saturated heterocycles. The average Bonchev–Trinajstić information content (AvgIpc) is 2.81. The van der Waals surface area contributed by atoms with Crippen molar-refractivity contribution in [3.05, 3.63) is 105 Å². The van der Waals surface area contributed by atoms with Gasteiger partial charge in [-0.25, -0.2) is 9.89 Å². The summed E-state index contributed by atoms with van der Waals surface area (Å²) in [6.07, 6.45) is 7.23. The van der Waals surface area contributed by atoms with Gasteiger partial charge in [0.15, 0.2) is 0 Å². The fourth-order valence-electron chi connectivity index (χ4n) is 3.20. The van der Waals surface area contributed by atoms with Gasteiger partial charge in [0.2, 0.25) is 0 Å². The third-order valence-electron chi connectivity index (χ3n) is 4.77. The van der Waals surface area contributed by atoms with E-state index < -0.39 is 11.0 Å². The van der Waals surface area contributed by atoms with Gasteiger partial charge in [-0.15, -0.1) is 0 Å². The van der Waals surface area contributed by atoms with Crippen molar-refractivity contribution < 1.29 is 9.72 Å². The van der Waals surface area contributed by atoms with Crippen molar-refractivity contribution in [3.8, 4) is 0 Å². The molecule has 10 heteroatoms. The summed E-state index contributed by atoms with van der Waals surface area (Å²) in [7, 11) is 0.